The molecule has 2 rings (SSSR count). The van der Waals surface area contributed by atoms with Gasteiger partial charge in [-0.2, -0.15) is 0 Å². The van der Waals surface area contributed by atoms with Crippen LogP contribution in [0.15, 0.2) is 24.3 Å². The van der Waals surface area contributed by atoms with Crippen molar-refractivity contribution >= 4 is 17.6 Å². The maximum Gasteiger partial charge on any atom is 0.307 e. The van der Waals surface area contributed by atoms with Gasteiger partial charge in [0.05, 0.1) is 6.42 Å². The molecule has 1 aromatic carbocycles. The lowest BCUT2D eigenvalue weighted by atomic mass is 9.78. The summed E-state index contributed by atoms with van der Waals surface area (Å²) < 4.78 is 0. The highest BCUT2D eigenvalue weighted by atomic mass is 16.4. The minimum absolute atomic E-state index is 0.00784. The fourth-order valence-corrected chi connectivity index (χ4v) is 2.95. The molecule has 5 nitrogen and oxygen atoms in total. The van der Waals surface area contributed by atoms with Crippen molar-refractivity contribution in [2.24, 2.45) is 17.6 Å². The molecule has 1 aromatic rings. The Morgan fingerprint density at radius 1 is 1.19 bits per heavy atom. The quantitative estimate of drug-likeness (QED) is 0.773. The van der Waals surface area contributed by atoms with Crippen molar-refractivity contribution in [1.29, 1.82) is 0 Å². The SMILES string of the molecule is NCC1CCCCC1C(=O)Nc1ccc(CC(=O)O)cc1. The van der Waals surface area contributed by atoms with Gasteiger partial charge in [0.2, 0.25) is 5.91 Å². The maximum atomic E-state index is 12.3. The first kappa shape index (κ1) is 15.5. The summed E-state index contributed by atoms with van der Waals surface area (Å²) in [6.45, 7) is 0.551. The molecular weight excluding hydrogens is 268 g/mol. The smallest absolute Gasteiger partial charge is 0.307 e. The van der Waals surface area contributed by atoms with Crippen LogP contribution >= 0.6 is 0 Å². The predicted octanol–water partition coefficient (Wildman–Crippen LogP) is 2.02. The molecule has 0 heterocycles. The third kappa shape index (κ3) is 4.29. The molecule has 0 aromatic heterocycles. The molecule has 114 valence electrons. The molecule has 2 unspecified atom stereocenters. The Morgan fingerprint density at radius 2 is 1.86 bits per heavy atom. The zero-order valence-electron chi connectivity index (χ0n) is 12.0. The standard InChI is InChI=1S/C16H22N2O3/c17-10-12-3-1-2-4-14(12)16(21)18-13-7-5-11(6-8-13)9-15(19)20/h5-8,12,14H,1-4,9-10,17H2,(H,18,21)(H,19,20). The number of hydrogen-bond acceptors (Lipinski definition) is 3. The van der Waals surface area contributed by atoms with E-state index in [0.29, 0.717) is 12.2 Å². The van der Waals surface area contributed by atoms with Crippen LogP contribution in [0.25, 0.3) is 0 Å². The molecule has 0 saturated heterocycles. The zero-order chi connectivity index (χ0) is 15.2. The lowest BCUT2D eigenvalue weighted by Gasteiger charge is -2.29. The number of carboxylic acids is 1. The zero-order valence-corrected chi connectivity index (χ0v) is 12.0. The molecule has 0 aliphatic heterocycles. The number of carbonyl (C=O) groups is 2. The number of nitrogens with two attached hydrogens (primary N) is 1. The van der Waals surface area contributed by atoms with E-state index in [-0.39, 0.29) is 24.2 Å². The summed E-state index contributed by atoms with van der Waals surface area (Å²) in [4.78, 5) is 23.0. The highest BCUT2D eigenvalue weighted by Crippen LogP contribution is 2.30. The third-order valence-electron chi connectivity index (χ3n) is 4.13. The highest BCUT2D eigenvalue weighted by molar-refractivity contribution is 5.92. The molecule has 1 saturated carbocycles. The summed E-state index contributed by atoms with van der Waals surface area (Å²) in [6.07, 6.45) is 4.13. The van der Waals surface area contributed by atoms with E-state index >= 15 is 0 Å². The van der Waals surface area contributed by atoms with Gasteiger partial charge in [0.1, 0.15) is 0 Å². The van der Waals surface area contributed by atoms with Crippen LogP contribution < -0.4 is 11.1 Å². The summed E-state index contributed by atoms with van der Waals surface area (Å²) in [6, 6.07) is 6.95. The van der Waals surface area contributed by atoms with Gasteiger partial charge >= 0.3 is 5.97 Å². The van der Waals surface area contributed by atoms with E-state index < -0.39 is 5.97 Å². The van der Waals surface area contributed by atoms with Gasteiger partial charge in [0.25, 0.3) is 0 Å². The highest BCUT2D eigenvalue weighted by Gasteiger charge is 2.29. The molecule has 21 heavy (non-hydrogen) atoms. The van der Waals surface area contributed by atoms with E-state index in [1.165, 1.54) is 0 Å². The number of carboxylic acid groups (broad SMARTS) is 1. The molecule has 0 radical (unpaired) electrons. The maximum absolute atomic E-state index is 12.3. The first-order chi connectivity index (χ1) is 10.1. The van der Waals surface area contributed by atoms with Gasteiger partial charge in [-0.15, -0.1) is 0 Å². The Balaban J connectivity index is 1.96. The largest absolute Gasteiger partial charge is 0.481 e. The van der Waals surface area contributed by atoms with E-state index in [4.69, 9.17) is 10.8 Å². The molecular formula is C16H22N2O3. The van der Waals surface area contributed by atoms with E-state index in [1.807, 2.05) is 0 Å². The Labute approximate surface area is 124 Å². The molecule has 1 fully saturated rings. The molecule has 1 aliphatic carbocycles. The molecule has 0 spiro atoms. The van der Waals surface area contributed by atoms with Crippen molar-refractivity contribution in [3.63, 3.8) is 0 Å². The van der Waals surface area contributed by atoms with Gasteiger partial charge in [0, 0.05) is 11.6 Å². The van der Waals surface area contributed by atoms with Crippen LogP contribution in [0, 0.1) is 11.8 Å². The number of amides is 1. The number of rotatable bonds is 5. The lowest BCUT2D eigenvalue weighted by molar-refractivity contribution is -0.136. The number of carbonyl (C=O) groups excluding carboxylic acids is 1. The third-order valence-corrected chi connectivity index (χ3v) is 4.13. The van der Waals surface area contributed by atoms with E-state index in [9.17, 15) is 9.59 Å². The van der Waals surface area contributed by atoms with E-state index in [2.05, 4.69) is 5.32 Å². The Bertz CT molecular complexity index is 499. The normalized spacial score (nSPS) is 21.8. The molecule has 2 atom stereocenters. The number of anilines is 1. The van der Waals surface area contributed by atoms with Crippen LogP contribution in [0.3, 0.4) is 0 Å². The van der Waals surface area contributed by atoms with Crippen LogP contribution in [-0.2, 0) is 16.0 Å². The molecule has 1 aliphatic rings. The Hall–Kier alpha value is -1.88. The fraction of sp³-hybridized carbons (Fsp3) is 0.500. The lowest BCUT2D eigenvalue weighted by Crippen LogP contribution is -2.35. The second-order valence-electron chi connectivity index (χ2n) is 5.64. The summed E-state index contributed by atoms with van der Waals surface area (Å²) in [5.41, 5.74) is 7.18. The monoisotopic (exact) mass is 290 g/mol. The van der Waals surface area contributed by atoms with Crippen molar-refractivity contribution in [2.75, 3.05) is 11.9 Å². The number of hydrogen-bond donors (Lipinski definition) is 3. The van der Waals surface area contributed by atoms with Crippen LogP contribution in [0.5, 0.6) is 0 Å². The Kier molecular flexibility index (Phi) is 5.33. The van der Waals surface area contributed by atoms with Gasteiger partial charge in [-0.3, -0.25) is 9.59 Å². The van der Waals surface area contributed by atoms with Crippen molar-refractivity contribution in [1.82, 2.24) is 0 Å². The molecule has 1 amide bonds. The van der Waals surface area contributed by atoms with Gasteiger partial charge in [-0.05, 0) is 43.0 Å². The number of aliphatic carboxylic acids is 1. The Morgan fingerprint density at radius 3 is 2.48 bits per heavy atom. The summed E-state index contributed by atoms with van der Waals surface area (Å²) >= 11 is 0. The first-order valence-electron chi connectivity index (χ1n) is 7.42. The van der Waals surface area contributed by atoms with E-state index in [0.717, 1.165) is 31.2 Å². The van der Waals surface area contributed by atoms with Crippen molar-refractivity contribution in [3.8, 4) is 0 Å². The summed E-state index contributed by atoms with van der Waals surface area (Å²) in [7, 11) is 0. The van der Waals surface area contributed by atoms with Crippen molar-refractivity contribution in [3.05, 3.63) is 29.8 Å². The van der Waals surface area contributed by atoms with Crippen LogP contribution in [0.4, 0.5) is 5.69 Å². The van der Waals surface area contributed by atoms with Crippen molar-refractivity contribution in [2.45, 2.75) is 32.1 Å². The van der Waals surface area contributed by atoms with Gasteiger partial charge in [-0.1, -0.05) is 25.0 Å². The average molecular weight is 290 g/mol. The second-order valence-corrected chi connectivity index (χ2v) is 5.64. The average Bonchev–Trinajstić information content (AvgIpc) is 2.48. The fourth-order valence-electron chi connectivity index (χ4n) is 2.95. The second kappa shape index (κ2) is 7.22. The van der Waals surface area contributed by atoms with Crippen LogP contribution in [-0.4, -0.2) is 23.5 Å². The summed E-state index contributed by atoms with van der Waals surface area (Å²) in [5.74, 6) is -0.580. The van der Waals surface area contributed by atoms with E-state index in [1.54, 1.807) is 24.3 Å². The first-order valence-corrected chi connectivity index (χ1v) is 7.42. The van der Waals surface area contributed by atoms with Gasteiger partial charge in [-0.25, -0.2) is 0 Å². The van der Waals surface area contributed by atoms with Gasteiger partial charge in [0.15, 0.2) is 0 Å². The minimum Gasteiger partial charge on any atom is -0.481 e. The minimum atomic E-state index is -0.861. The van der Waals surface area contributed by atoms with Crippen molar-refractivity contribution < 1.29 is 14.7 Å². The number of benzene rings is 1. The summed E-state index contributed by atoms with van der Waals surface area (Å²) in [5, 5.41) is 11.6. The molecule has 5 heteroatoms. The van der Waals surface area contributed by atoms with Crippen LogP contribution in [0.1, 0.15) is 31.2 Å². The number of nitrogens with one attached hydrogen (secondary N) is 1. The topological polar surface area (TPSA) is 92.4 Å². The molecule has 4 N–H and O–H groups in total. The van der Waals surface area contributed by atoms with Gasteiger partial charge < -0.3 is 16.2 Å². The van der Waals surface area contributed by atoms with Crippen LogP contribution in [0.2, 0.25) is 0 Å². The molecule has 0 bridgehead atoms. The predicted molar refractivity (Wildman–Crippen MR) is 80.9 cm³/mol.